The second kappa shape index (κ2) is 7.28. The number of fused-ring (bicyclic) bond motifs is 2. The maximum Gasteiger partial charge on any atom is 0.343 e. The Morgan fingerprint density at radius 1 is 0.559 bits per heavy atom. The zero-order valence-corrected chi connectivity index (χ0v) is 17.3. The van der Waals surface area contributed by atoms with Crippen molar-refractivity contribution in [2.24, 2.45) is 0 Å². The lowest BCUT2D eigenvalue weighted by molar-refractivity contribution is 0.0661. The molecule has 5 rings (SSSR count). The third-order valence-electron chi connectivity index (χ3n) is 6.00. The summed E-state index contributed by atoms with van der Waals surface area (Å²) in [5.41, 5.74) is -0.403. The van der Waals surface area contributed by atoms with Crippen molar-refractivity contribution in [1.29, 1.82) is 0 Å². The molecule has 0 amide bonds. The number of carboxylic acids is 3. The van der Waals surface area contributed by atoms with Gasteiger partial charge in [-0.25, -0.2) is 19.2 Å². The Morgan fingerprint density at radius 3 is 1.21 bits per heavy atom. The summed E-state index contributed by atoms with van der Waals surface area (Å²) < 4.78 is 4.91. The molecule has 0 fully saturated rings. The molecule has 0 aliphatic carbocycles. The van der Waals surface area contributed by atoms with Crippen LogP contribution in [0.15, 0.2) is 61.4 Å². The van der Waals surface area contributed by atoms with Crippen molar-refractivity contribution >= 4 is 67.0 Å². The summed E-state index contributed by atoms with van der Waals surface area (Å²) in [5, 5.41) is 32.6. The summed E-state index contributed by atoms with van der Waals surface area (Å²) in [7, 11) is 0. The van der Waals surface area contributed by atoms with Crippen LogP contribution in [0.5, 0.6) is 0 Å². The van der Waals surface area contributed by atoms with Gasteiger partial charge in [0.2, 0.25) is 0 Å². The van der Waals surface area contributed by atoms with E-state index < -0.39 is 23.9 Å². The molecular formula is C26H14O8. The molecule has 0 aliphatic heterocycles. The summed E-state index contributed by atoms with van der Waals surface area (Å²) in [6.07, 6.45) is 0.954. The lowest BCUT2D eigenvalue weighted by Gasteiger charge is -2.18. The molecule has 0 spiro atoms. The van der Waals surface area contributed by atoms with Crippen molar-refractivity contribution in [2.45, 2.75) is 0 Å². The Hall–Kier alpha value is -4.98. The normalized spacial score (nSPS) is 11.3. The molecule has 8 nitrogen and oxygen atoms in total. The van der Waals surface area contributed by atoms with Crippen LogP contribution in [-0.4, -0.2) is 39.2 Å². The first-order valence-electron chi connectivity index (χ1n) is 9.98. The fourth-order valence-electron chi connectivity index (χ4n) is 4.73. The van der Waals surface area contributed by atoms with Gasteiger partial charge < -0.3 is 20.1 Å². The molecule has 5 aromatic carbocycles. The van der Waals surface area contributed by atoms with Crippen LogP contribution in [0.2, 0.25) is 0 Å². The zero-order chi connectivity index (χ0) is 24.3. The molecule has 3 N–H and O–H groups in total. The summed E-state index contributed by atoms with van der Waals surface area (Å²) in [5.74, 6) is -4.56. The van der Waals surface area contributed by atoms with E-state index in [1.807, 2.05) is 0 Å². The van der Waals surface area contributed by atoms with Gasteiger partial charge in [0.15, 0.2) is 0 Å². The van der Waals surface area contributed by atoms with E-state index >= 15 is 0 Å². The Balaban J connectivity index is 2.11. The van der Waals surface area contributed by atoms with E-state index in [9.17, 15) is 34.5 Å². The first kappa shape index (κ1) is 20.9. The molecule has 0 aliphatic rings. The lowest BCUT2D eigenvalue weighted by atomic mass is 9.84. The molecule has 0 saturated carbocycles. The highest BCUT2D eigenvalue weighted by Crippen LogP contribution is 2.44. The number of rotatable bonds is 5. The van der Waals surface area contributed by atoms with Crippen molar-refractivity contribution < 1.29 is 39.2 Å². The average Bonchev–Trinajstić information content (AvgIpc) is 2.80. The van der Waals surface area contributed by atoms with E-state index in [1.165, 1.54) is 24.3 Å². The van der Waals surface area contributed by atoms with Gasteiger partial charge in [0.25, 0.3) is 0 Å². The van der Waals surface area contributed by atoms with Crippen LogP contribution >= 0.6 is 0 Å². The molecule has 8 heteroatoms. The first-order chi connectivity index (χ1) is 16.3. The van der Waals surface area contributed by atoms with Crippen molar-refractivity contribution in [2.75, 3.05) is 0 Å². The number of hydrogen-bond donors (Lipinski definition) is 3. The summed E-state index contributed by atoms with van der Waals surface area (Å²) in [4.78, 5) is 48.5. The number of carbonyl (C=O) groups excluding carboxylic acids is 1. The maximum atomic E-state index is 12.6. The molecule has 0 atom stereocenters. The molecule has 0 unspecified atom stereocenters. The second-order valence-electron chi connectivity index (χ2n) is 7.63. The van der Waals surface area contributed by atoms with Crippen LogP contribution in [0.25, 0.3) is 43.1 Å². The van der Waals surface area contributed by atoms with Crippen LogP contribution in [0, 0.1) is 0 Å². The average molecular weight is 454 g/mol. The van der Waals surface area contributed by atoms with Crippen LogP contribution in [-0.2, 0) is 4.74 Å². The predicted octanol–water partition coefficient (Wildman–Crippen LogP) is 5.13. The Labute approximate surface area is 190 Å². The third kappa shape index (κ3) is 2.72. The van der Waals surface area contributed by atoms with Crippen molar-refractivity contribution in [3.05, 3.63) is 83.6 Å². The fraction of sp³-hybridized carbons (Fsp3) is 0. The SMILES string of the molecule is C=COC(=O)c1ccc2c3ccc(C(=O)O)c4c(C(=O)O)ccc(c5ccc(C(=O)O)c1c52)c43. The number of benzene rings is 5. The van der Waals surface area contributed by atoms with Gasteiger partial charge in [-0.3, -0.25) is 0 Å². The molecule has 0 saturated heterocycles. The predicted molar refractivity (Wildman–Crippen MR) is 124 cm³/mol. The second-order valence-corrected chi connectivity index (χ2v) is 7.63. The molecule has 0 radical (unpaired) electrons. The minimum absolute atomic E-state index is 0.0295. The third-order valence-corrected chi connectivity index (χ3v) is 6.00. The maximum absolute atomic E-state index is 12.6. The van der Waals surface area contributed by atoms with E-state index in [1.54, 1.807) is 24.3 Å². The van der Waals surface area contributed by atoms with Crippen LogP contribution < -0.4 is 0 Å². The number of carboxylic acid groups (broad SMARTS) is 3. The van der Waals surface area contributed by atoms with E-state index in [4.69, 9.17) is 4.74 Å². The Bertz CT molecular complexity index is 1680. The van der Waals surface area contributed by atoms with Crippen LogP contribution in [0.3, 0.4) is 0 Å². The van der Waals surface area contributed by atoms with Crippen molar-refractivity contribution in [3.8, 4) is 0 Å². The van der Waals surface area contributed by atoms with Crippen molar-refractivity contribution in [3.63, 3.8) is 0 Å². The number of ether oxygens (including phenoxy) is 1. The smallest absolute Gasteiger partial charge is 0.343 e. The monoisotopic (exact) mass is 454 g/mol. The molecule has 5 aromatic rings. The van der Waals surface area contributed by atoms with E-state index in [-0.39, 0.29) is 33.0 Å². The number of esters is 1. The van der Waals surface area contributed by atoms with Gasteiger partial charge in [-0.1, -0.05) is 30.8 Å². The highest BCUT2D eigenvalue weighted by molar-refractivity contribution is 6.38. The standard InChI is InChI=1S/C26H14O8/c1-2-34-26(33)18-10-6-14-12-4-8-16(24(29)30)21-15(23(27)28)7-3-11(19(12)21)13-5-9-17(25(31)32)22(18)20(13)14/h2-10H,1H2,(H,27,28)(H,29,30)(H,31,32). The van der Waals surface area contributed by atoms with Gasteiger partial charge in [-0.2, -0.15) is 0 Å². The van der Waals surface area contributed by atoms with Crippen molar-refractivity contribution in [1.82, 2.24) is 0 Å². The highest BCUT2D eigenvalue weighted by atomic mass is 16.5. The number of hydrogen-bond acceptors (Lipinski definition) is 5. The van der Waals surface area contributed by atoms with Gasteiger partial charge in [0.05, 0.1) is 28.5 Å². The number of aromatic carboxylic acids is 3. The molecule has 34 heavy (non-hydrogen) atoms. The molecular weight excluding hydrogens is 440 g/mol. The molecule has 166 valence electrons. The molecule has 0 bridgehead atoms. The minimum atomic E-state index is -1.27. The topological polar surface area (TPSA) is 138 Å². The highest BCUT2D eigenvalue weighted by Gasteiger charge is 2.25. The summed E-state index contributed by atoms with van der Waals surface area (Å²) in [6, 6.07) is 11.8. The zero-order valence-electron chi connectivity index (χ0n) is 17.3. The molecule has 0 aromatic heterocycles. The quantitative estimate of drug-likeness (QED) is 0.144. The van der Waals surface area contributed by atoms with E-state index in [2.05, 4.69) is 6.58 Å². The fourth-order valence-corrected chi connectivity index (χ4v) is 4.73. The van der Waals surface area contributed by atoms with Gasteiger partial charge in [-0.05, 0) is 56.6 Å². The summed E-state index contributed by atoms with van der Waals surface area (Å²) in [6.45, 7) is 3.37. The first-order valence-corrected chi connectivity index (χ1v) is 9.98. The summed E-state index contributed by atoms with van der Waals surface area (Å²) >= 11 is 0. The number of carbonyl (C=O) groups is 4. The Morgan fingerprint density at radius 2 is 0.882 bits per heavy atom. The van der Waals surface area contributed by atoms with Gasteiger partial charge in [0, 0.05) is 10.8 Å². The van der Waals surface area contributed by atoms with Gasteiger partial charge in [0.1, 0.15) is 0 Å². The minimum Gasteiger partial charge on any atom is -0.478 e. The Kier molecular flexibility index (Phi) is 4.47. The van der Waals surface area contributed by atoms with E-state index in [0.717, 1.165) is 6.26 Å². The van der Waals surface area contributed by atoms with Crippen LogP contribution in [0.1, 0.15) is 41.4 Å². The van der Waals surface area contributed by atoms with Gasteiger partial charge >= 0.3 is 23.9 Å². The molecule has 0 heterocycles. The van der Waals surface area contributed by atoms with Crippen LogP contribution in [0.4, 0.5) is 0 Å². The van der Waals surface area contributed by atoms with E-state index in [0.29, 0.717) is 32.3 Å². The lowest BCUT2D eigenvalue weighted by Crippen LogP contribution is -2.08. The largest absolute Gasteiger partial charge is 0.478 e. The van der Waals surface area contributed by atoms with Gasteiger partial charge in [-0.15, -0.1) is 0 Å².